The van der Waals surface area contributed by atoms with E-state index < -0.39 is 0 Å². The predicted octanol–water partition coefficient (Wildman–Crippen LogP) is 3.96. The second-order valence-corrected chi connectivity index (χ2v) is 6.10. The molecule has 0 aliphatic carbocycles. The van der Waals surface area contributed by atoms with Crippen molar-refractivity contribution in [2.75, 3.05) is 6.61 Å². The summed E-state index contributed by atoms with van der Waals surface area (Å²) in [6.45, 7) is 5.20. The molecule has 2 rings (SSSR count). The molecule has 0 saturated carbocycles. The number of hydrogen-bond acceptors (Lipinski definition) is 2. The van der Waals surface area contributed by atoms with Crippen molar-refractivity contribution in [1.82, 2.24) is 0 Å². The molecule has 1 fully saturated rings. The molecular weight excluding hydrogens is 234 g/mol. The van der Waals surface area contributed by atoms with Crippen LogP contribution in [0.15, 0.2) is 30.3 Å². The number of nitrogens with zero attached hydrogens (tertiary/aromatic N) is 1. The summed E-state index contributed by atoms with van der Waals surface area (Å²) < 4.78 is 5.87. The molecule has 0 spiro atoms. The summed E-state index contributed by atoms with van der Waals surface area (Å²) in [6, 6.07) is 12.9. The van der Waals surface area contributed by atoms with E-state index in [0.29, 0.717) is 18.4 Å². The average molecular weight is 257 g/mol. The predicted molar refractivity (Wildman–Crippen MR) is 76.6 cm³/mol. The van der Waals surface area contributed by atoms with Gasteiger partial charge in [-0.3, -0.25) is 0 Å². The molecule has 2 heteroatoms. The standard InChI is InChI=1S/C17H23NO/c1-14(2)16-13-17(8-10-18,9-11-19-16)12-15-6-4-3-5-7-15/h3-7,14,16H,8-9,11-13H2,1-2H3/t16-,17-/m1/s1. The second-order valence-electron chi connectivity index (χ2n) is 6.10. The number of nitriles is 1. The van der Waals surface area contributed by atoms with Gasteiger partial charge in [-0.25, -0.2) is 0 Å². The molecule has 2 nitrogen and oxygen atoms in total. The van der Waals surface area contributed by atoms with Crippen LogP contribution in [0.25, 0.3) is 0 Å². The highest BCUT2D eigenvalue weighted by molar-refractivity contribution is 5.17. The second kappa shape index (κ2) is 6.21. The number of ether oxygens (including phenoxy) is 1. The Labute approximate surface area is 116 Å². The molecule has 1 aliphatic heterocycles. The Kier molecular flexibility index (Phi) is 4.61. The first-order valence-electron chi connectivity index (χ1n) is 7.18. The molecule has 0 amide bonds. The molecule has 1 aliphatic rings. The van der Waals surface area contributed by atoms with Gasteiger partial charge in [-0.1, -0.05) is 44.2 Å². The van der Waals surface area contributed by atoms with Crippen LogP contribution in [-0.2, 0) is 11.2 Å². The number of benzene rings is 1. The molecule has 2 atom stereocenters. The minimum Gasteiger partial charge on any atom is -0.378 e. The molecule has 0 unspecified atom stereocenters. The zero-order valence-corrected chi connectivity index (χ0v) is 11.9. The van der Waals surface area contributed by atoms with Crippen LogP contribution in [0.2, 0.25) is 0 Å². The van der Waals surface area contributed by atoms with Gasteiger partial charge < -0.3 is 4.74 Å². The summed E-state index contributed by atoms with van der Waals surface area (Å²) >= 11 is 0. The van der Waals surface area contributed by atoms with Crippen LogP contribution in [-0.4, -0.2) is 12.7 Å². The topological polar surface area (TPSA) is 33.0 Å². The minimum atomic E-state index is 0.100. The van der Waals surface area contributed by atoms with Gasteiger partial charge in [0.1, 0.15) is 0 Å². The maximum Gasteiger partial charge on any atom is 0.0627 e. The molecule has 1 aromatic rings. The van der Waals surface area contributed by atoms with Crippen molar-refractivity contribution in [3.05, 3.63) is 35.9 Å². The lowest BCUT2D eigenvalue weighted by Crippen LogP contribution is -2.39. The van der Waals surface area contributed by atoms with E-state index in [4.69, 9.17) is 4.74 Å². The van der Waals surface area contributed by atoms with Gasteiger partial charge in [0, 0.05) is 13.0 Å². The highest BCUT2D eigenvalue weighted by atomic mass is 16.5. The Balaban J connectivity index is 2.15. The molecule has 0 radical (unpaired) electrons. The third-order valence-corrected chi connectivity index (χ3v) is 4.22. The lowest BCUT2D eigenvalue weighted by Gasteiger charge is -2.41. The first-order chi connectivity index (χ1) is 9.15. The molecular formula is C17H23NO. The molecule has 0 N–H and O–H groups in total. The fourth-order valence-electron chi connectivity index (χ4n) is 3.02. The van der Waals surface area contributed by atoms with Gasteiger partial charge in [0.05, 0.1) is 12.2 Å². The quantitative estimate of drug-likeness (QED) is 0.817. The number of hydrogen-bond donors (Lipinski definition) is 0. The highest BCUT2D eigenvalue weighted by Crippen LogP contribution is 2.41. The van der Waals surface area contributed by atoms with Crippen LogP contribution in [0.1, 0.15) is 38.7 Å². The normalized spacial score (nSPS) is 27.2. The third kappa shape index (κ3) is 3.58. The monoisotopic (exact) mass is 257 g/mol. The summed E-state index contributed by atoms with van der Waals surface area (Å²) in [4.78, 5) is 0. The summed E-state index contributed by atoms with van der Waals surface area (Å²) in [5, 5.41) is 9.20. The lowest BCUT2D eigenvalue weighted by molar-refractivity contribution is -0.0681. The molecule has 102 valence electrons. The Hall–Kier alpha value is -1.33. The van der Waals surface area contributed by atoms with Crippen LogP contribution < -0.4 is 0 Å². The SMILES string of the molecule is CC(C)[C@H]1C[C@@](CC#N)(Cc2ccccc2)CCO1. The molecule has 1 heterocycles. The zero-order valence-electron chi connectivity index (χ0n) is 11.9. The third-order valence-electron chi connectivity index (χ3n) is 4.22. The van der Waals surface area contributed by atoms with E-state index in [1.54, 1.807) is 0 Å². The van der Waals surface area contributed by atoms with Crippen molar-refractivity contribution in [3.8, 4) is 6.07 Å². The smallest absolute Gasteiger partial charge is 0.0627 e. The Bertz CT molecular complexity index is 434. The molecule has 1 aromatic carbocycles. The Morgan fingerprint density at radius 3 is 2.74 bits per heavy atom. The zero-order chi connectivity index (χ0) is 13.7. The summed E-state index contributed by atoms with van der Waals surface area (Å²) in [5.41, 5.74) is 1.44. The van der Waals surface area contributed by atoms with Gasteiger partial charge in [0.25, 0.3) is 0 Å². The largest absolute Gasteiger partial charge is 0.378 e. The van der Waals surface area contributed by atoms with Crippen molar-refractivity contribution < 1.29 is 4.74 Å². The van der Waals surface area contributed by atoms with Crippen molar-refractivity contribution in [1.29, 1.82) is 5.26 Å². The van der Waals surface area contributed by atoms with E-state index in [9.17, 15) is 5.26 Å². The lowest BCUT2D eigenvalue weighted by atomic mass is 9.70. The fourth-order valence-corrected chi connectivity index (χ4v) is 3.02. The van der Waals surface area contributed by atoms with E-state index in [2.05, 4.69) is 44.2 Å². The first kappa shape index (κ1) is 14.1. The van der Waals surface area contributed by atoms with Crippen LogP contribution in [0, 0.1) is 22.7 Å². The van der Waals surface area contributed by atoms with E-state index >= 15 is 0 Å². The van der Waals surface area contributed by atoms with Gasteiger partial charge in [-0.15, -0.1) is 0 Å². The van der Waals surface area contributed by atoms with Crippen molar-refractivity contribution >= 4 is 0 Å². The molecule has 19 heavy (non-hydrogen) atoms. The minimum absolute atomic E-state index is 0.100. The first-order valence-corrected chi connectivity index (χ1v) is 7.18. The van der Waals surface area contributed by atoms with Crippen LogP contribution in [0.4, 0.5) is 0 Å². The van der Waals surface area contributed by atoms with E-state index in [0.717, 1.165) is 25.9 Å². The van der Waals surface area contributed by atoms with Gasteiger partial charge in [-0.05, 0) is 36.2 Å². The van der Waals surface area contributed by atoms with Gasteiger partial charge in [0.15, 0.2) is 0 Å². The van der Waals surface area contributed by atoms with Crippen molar-refractivity contribution in [2.45, 2.75) is 45.6 Å². The van der Waals surface area contributed by atoms with Crippen LogP contribution >= 0.6 is 0 Å². The van der Waals surface area contributed by atoms with E-state index in [1.807, 2.05) is 6.07 Å². The van der Waals surface area contributed by atoms with E-state index in [-0.39, 0.29) is 5.41 Å². The molecule has 1 saturated heterocycles. The highest BCUT2D eigenvalue weighted by Gasteiger charge is 2.38. The number of rotatable bonds is 4. The summed E-state index contributed by atoms with van der Waals surface area (Å²) in [6.07, 6.45) is 3.93. The van der Waals surface area contributed by atoms with Crippen LogP contribution in [0.3, 0.4) is 0 Å². The van der Waals surface area contributed by atoms with E-state index in [1.165, 1.54) is 5.56 Å². The molecule has 0 aromatic heterocycles. The summed E-state index contributed by atoms with van der Waals surface area (Å²) in [7, 11) is 0. The van der Waals surface area contributed by atoms with Gasteiger partial charge >= 0.3 is 0 Å². The van der Waals surface area contributed by atoms with Gasteiger partial charge in [-0.2, -0.15) is 5.26 Å². The Morgan fingerprint density at radius 1 is 1.37 bits per heavy atom. The summed E-state index contributed by atoms with van der Waals surface area (Å²) in [5.74, 6) is 0.522. The van der Waals surface area contributed by atoms with Crippen molar-refractivity contribution in [3.63, 3.8) is 0 Å². The molecule has 0 bridgehead atoms. The van der Waals surface area contributed by atoms with Crippen molar-refractivity contribution in [2.24, 2.45) is 11.3 Å². The fraction of sp³-hybridized carbons (Fsp3) is 0.588. The van der Waals surface area contributed by atoms with Crippen LogP contribution in [0.5, 0.6) is 0 Å². The Morgan fingerprint density at radius 2 is 2.11 bits per heavy atom. The maximum atomic E-state index is 9.20. The van der Waals surface area contributed by atoms with Gasteiger partial charge in [0.2, 0.25) is 0 Å². The maximum absolute atomic E-state index is 9.20. The average Bonchev–Trinajstić information content (AvgIpc) is 2.40.